The van der Waals surface area contributed by atoms with Gasteiger partial charge in [0.05, 0.1) is 0 Å². The molecule has 1 saturated heterocycles. The van der Waals surface area contributed by atoms with Gasteiger partial charge < -0.3 is 5.32 Å². The zero-order chi connectivity index (χ0) is 11.4. The molecule has 16 heavy (non-hydrogen) atoms. The summed E-state index contributed by atoms with van der Waals surface area (Å²) in [6.07, 6.45) is 0. The first-order chi connectivity index (χ1) is 7.75. The van der Waals surface area contributed by atoms with Crippen LogP contribution in [-0.2, 0) is 6.54 Å². The SMILES string of the molecule is C[N+](=O)c1cccc(CN2CCNCC2)c1. The maximum Gasteiger partial charge on any atom is 0.255 e. The van der Waals surface area contributed by atoms with E-state index in [9.17, 15) is 4.91 Å². The molecule has 0 amide bonds. The second-order valence-electron chi connectivity index (χ2n) is 4.19. The fraction of sp³-hybridized carbons (Fsp3) is 0.500. The normalized spacial score (nSPS) is 17.3. The minimum atomic E-state index is 0.729. The van der Waals surface area contributed by atoms with Crippen molar-refractivity contribution in [3.63, 3.8) is 0 Å². The zero-order valence-electron chi connectivity index (χ0n) is 9.65. The number of hydrogen-bond acceptors (Lipinski definition) is 3. The van der Waals surface area contributed by atoms with Gasteiger partial charge in [0.15, 0.2) is 7.05 Å². The lowest BCUT2D eigenvalue weighted by molar-refractivity contribution is -0.428. The Balaban J connectivity index is 2.02. The smallest absolute Gasteiger partial charge is 0.255 e. The molecule has 0 aliphatic carbocycles. The van der Waals surface area contributed by atoms with Crippen molar-refractivity contribution in [2.24, 2.45) is 0 Å². The number of benzene rings is 1. The average molecular weight is 220 g/mol. The maximum atomic E-state index is 11.2. The molecular weight excluding hydrogens is 202 g/mol. The Kier molecular flexibility index (Phi) is 3.64. The summed E-state index contributed by atoms with van der Waals surface area (Å²) in [6, 6.07) is 7.83. The lowest BCUT2D eigenvalue weighted by Crippen LogP contribution is -2.42. The van der Waals surface area contributed by atoms with Crippen molar-refractivity contribution in [2.45, 2.75) is 6.54 Å². The van der Waals surface area contributed by atoms with E-state index in [1.165, 1.54) is 12.6 Å². The quantitative estimate of drug-likeness (QED) is 0.776. The highest BCUT2D eigenvalue weighted by molar-refractivity contribution is 5.33. The van der Waals surface area contributed by atoms with Crippen molar-refractivity contribution >= 4 is 5.69 Å². The van der Waals surface area contributed by atoms with Gasteiger partial charge in [0.1, 0.15) is 0 Å². The van der Waals surface area contributed by atoms with E-state index >= 15 is 0 Å². The Morgan fingerprint density at radius 3 is 2.81 bits per heavy atom. The van der Waals surface area contributed by atoms with E-state index in [1.807, 2.05) is 18.2 Å². The Morgan fingerprint density at radius 1 is 1.38 bits per heavy atom. The first-order valence-corrected chi connectivity index (χ1v) is 5.68. The molecule has 0 aromatic heterocycles. The third-order valence-electron chi connectivity index (χ3n) is 2.89. The first kappa shape index (κ1) is 11.2. The molecule has 1 fully saturated rings. The standard InChI is InChI=1S/C12H18N3O/c1-14(16)12-4-2-3-11(9-12)10-15-7-5-13-6-8-15/h2-4,9,13H,5-8,10H2,1H3/q+1. The Bertz CT molecular complexity index is 372. The summed E-state index contributed by atoms with van der Waals surface area (Å²) in [4.78, 5) is 13.6. The predicted octanol–water partition coefficient (Wildman–Crippen LogP) is 1.13. The average Bonchev–Trinajstić information content (AvgIpc) is 2.30. The molecule has 1 aliphatic rings. The molecule has 1 aromatic rings. The molecule has 1 N–H and O–H groups in total. The Hall–Kier alpha value is -1.26. The van der Waals surface area contributed by atoms with E-state index in [0.717, 1.165) is 43.2 Å². The zero-order valence-corrected chi connectivity index (χ0v) is 9.65. The van der Waals surface area contributed by atoms with Crippen LogP contribution in [0.5, 0.6) is 0 Å². The summed E-state index contributed by atoms with van der Waals surface area (Å²) in [5.41, 5.74) is 1.94. The lowest BCUT2D eigenvalue weighted by Gasteiger charge is -2.27. The van der Waals surface area contributed by atoms with Gasteiger partial charge in [-0.2, -0.15) is 0 Å². The summed E-state index contributed by atoms with van der Waals surface area (Å²) >= 11 is 0. The first-order valence-electron chi connectivity index (χ1n) is 5.68. The monoisotopic (exact) mass is 220 g/mol. The van der Waals surface area contributed by atoms with Crippen molar-refractivity contribution in [1.82, 2.24) is 10.2 Å². The molecule has 4 heteroatoms. The van der Waals surface area contributed by atoms with Crippen LogP contribution in [0.4, 0.5) is 5.69 Å². The van der Waals surface area contributed by atoms with E-state index in [2.05, 4.69) is 16.3 Å². The highest BCUT2D eigenvalue weighted by atomic mass is 16.3. The highest BCUT2D eigenvalue weighted by Crippen LogP contribution is 2.14. The molecule has 0 bridgehead atoms. The van der Waals surface area contributed by atoms with Crippen LogP contribution in [0, 0.1) is 4.91 Å². The van der Waals surface area contributed by atoms with Crippen LogP contribution in [0.1, 0.15) is 5.56 Å². The molecule has 86 valence electrons. The number of nitroso groups, excluding NO2 is 1. The van der Waals surface area contributed by atoms with Crippen LogP contribution in [0.25, 0.3) is 0 Å². The maximum absolute atomic E-state index is 11.2. The largest absolute Gasteiger partial charge is 0.314 e. The van der Waals surface area contributed by atoms with E-state index in [4.69, 9.17) is 0 Å². The van der Waals surface area contributed by atoms with Crippen LogP contribution in [0.2, 0.25) is 0 Å². The molecule has 1 aromatic carbocycles. The number of hydrogen-bond donors (Lipinski definition) is 1. The number of nitrogens with zero attached hydrogens (tertiary/aromatic N) is 2. The van der Waals surface area contributed by atoms with Crippen LogP contribution < -0.4 is 5.32 Å². The van der Waals surface area contributed by atoms with Gasteiger partial charge in [-0.15, -0.1) is 0 Å². The van der Waals surface area contributed by atoms with Crippen molar-refractivity contribution in [3.05, 3.63) is 34.7 Å². The van der Waals surface area contributed by atoms with E-state index in [1.54, 1.807) is 0 Å². The molecule has 0 atom stereocenters. The summed E-state index contributed by atoms with van der Waals surface area (Å²) in [7, 11) is 1.53. The van der Waals surface area contributed by atoms with Crippen LogP contribution >= 0.6 is 0 Å². The second kappa shape index (κ2) is 5.18. The van der Waals surface area contributed by atoms with Crippen molar-refractivity contribution < 1.29 is 4.76 Å². The molecule has 0 saturated carbocycles. The van der Waals surface area contributed by atoms with Crippen LogP contribution in [0.15, 0.2) is 24.3 Å². The van der Waals surface area contributed by atoms with Crippen molar-refractivity contribution in [3.8, 4) is 0 Å². The van der Waals surface area contributed by atoms with E-state index < -0.39 is 0 Å². The van der Waals surface area contributed by atoms with Gasteiger partial charge in [-0.05, 0) is 5.56 Å². The topological polar surface area (TPSA) is 35.4 Å². The molecule has 1 heterocycles. The van der Waals surface area contributed by atoms with Gasteiger partial charge in [0.2, 0.25) is 0 Å². The summed E-state index contributed by atoms with van der Waals surface area (Å²) < 4.78 is 0.904. The third kappa shape index (κ3) is 2.87. The number of piperazine rings is 1. The minimum Gasteiger partial charge on any atom is -0.314 e. The second-order valence-corrected chi connectivity index (χ2v) is 4.19. The lowest BCUT2D eigenvalue weighted by atomic mass is 10.2. The summed E-state index contributed by atoms with van der Waals surface area (Å²) in [5.74, 6) is 0. The van der Waals surface area contributed by atoms with E-state index in [0.29, 0.717) is 0 Å². The molecule has 1 aliphatic heterocycles. The fourth-order valence-electron chi connectivity index (χ4n) is 1.98. The third-order valence-corrected chi connectivity index (χ3v) is 2.89. The predicted molar refractivity (Wildman–Crippen MR) is 63.8 cm³/mol. The summed E-state index contributed by atoms with van der Waals surface area (Å²) in [5, 5.41) is 3.33. The van der Waals surface area contributed by atoms with Crippen molar-refractivity contribution in [2.75, 3.05) is 33.2 Å². The van der Waals surface area contributed by atoms with Crippen LogP contribution in [-0.4, -0.2) is 42.9 Å². The molecule has 0 spiro atoms. The van der Waals surface area contributed by atoms with E-state index in [-0.39, 0.29) is 0 Å². The molecule has 2 rings (SSSR count). The molecule has 4 nitrogen and oxygen atoms in total. The van der Waals surface area contributed by atoms with Gasteiger partial charge in [0, 0.05) is 54.5 Å². The molecule has 0 unspecified atom stereocenters. The van der Waals surface area contributed by atoms with Gasteiger partial charge in [-0.1, -0.05) is 12.1 Å². The van der Waals surface area contributed by atoms with Gasteiger partial charge in [-0.3, -0.25) is 4.90 Å². The fourth-order valence-corrected chi connectivity index (χ4v) is 1.98. The molecule has 0 radical (unpaired) electrons. The number of rotatable bonds is 3. The van der Waals surface area contributed by atoms with Gasteiger partial charge in [0.25, 0.3) is 5.69 Å². The summed E-state index contributed by atoms with van der Waals surface area (Å²) in [6.45, 7) is 5.21. The Morgan fingerprint density at radius 2 is 2.12 bits per heavy atom. The van der Waals surface area contributed by atoms with Crippen molar-refractivity contribution in [1.29, 1.82) is 0 Å². The van der Waals surface area contributed by atoms with Gasteiger partial charge in [-0.25, -0.2) is 0 Å². The molecular formula is C12H18N3O+. The minimum absolute atomic E-state index is 0.729. The highest BCUT2D eigenvalue weighted by Gasteiger charge is 2.12. The Labute approximate surface area is 95.8 Å². The van der Waals surface area contributed by atoms with Crippen LogP contribution in [0.3, 0.4) is 0 Å². The number of nitrogens with one attached hydrogen (secondary N) is 1. The van der Waals surface area contributed by atoms with Gasteiger partial charge >= 0.3 is 0 Å².